The maximum Gasteiger partial charge on any atom is 0.491 e. The lowest BCUT2D eigenvalue weighted by molar-refractivity contribution is -0.201. The van der Waals surface area contributed by atoms with Gasteiger partial charge in [-0.1, -0.05) is 44.2 Å². The molecule has 5 nitrogen and oxygen atoms in total. The van der Waals surface area contributed by atoms with Crippen LogP contribution in [0.2, 0.25) is 0 Å². The smallest absolute Gasteiger partial charge is 0.491 e. The summed E-state index contributed by atoms with van der Waals surface area (Å²) in [6, 6.07) is 7.51. The van der Waals surface area contributed by atoms with E-state index in [2.05, 4.69) is 10.1 Å². The first-order valence-electron chi connectivity index (χ1n) is 10.1. The predicted molar refractivity (Wildman–Crippen MR) is 101 cm³/mol. The predicted octanol–water partition coefficient (Wildman–Crippen LogP) is 4.54. The lowest BCUT2D eigenvalue weighted by Crippen LogP contribution is -2.29. The molecule has 0 amide bonds. The normalized spacial score (nSPS) is 15.1. The van der Waals surface area contributed by atoms with Crippen LogP contribution < -0.4 is 10.1 Å². The van der Waals surface area contributed by atoms with Crippen LogP contribution in [0.25, 0.3) is 0 Å². The van der Waals surface area contributed by atoms with E-state index >= 15 is 0 Å². The largest absolute Gasteiger partial charge is 0.494 e. The Morgan fingerprint density at radius 2 is 1.76 bits per heavy atom. The zero-order valence-corrected chi connectivity index (χ0v) is 16.4. The molecule has 1 aromatic rings. The summed E-state index contributed by atoms with van der Waals surface area (Å²) in [6.07, 6.45) is 3.56. The first-order valence-corrected chi connectivity index (χ1v) is 10.1. The van der Waals surface area contributed by atoms with Gasteiger partial charge in [0.05, 0.1) is 13.0 Å². The Hall–Kier alpha value is -2.09. The Kier molecular flexibility index (Phi) is 9.44. The molecule has 0 unspecified atom stereocenters. The highest BCUT2D eigenvalue weighted by Gasteiger charge is 2.42. The highest BCUT2D eigenvalue weighted by molar-refractivity contribution is 5.88. The fourth-order valence-electron chi connectivity index (χ4n) is 3.38. The average molecular weight is 415 g/mol. The van der Waals surface area contributed by atoms with Gasteiger partial charge < -0.3 is 14.8 Å². The van der Waals surface area contributed by atoms with Crippen molar-refractivity contribution in [2.24, 2.45) is 5.92 Å². The maximum atomic E-state index is 12.0. The van der Waals surface area contributed by atoms with Crippen LogP contribution in [-0.4, -0.2) is 31.3 Å². The van der Waals surface area contributed by atoms with E-state index in [1.54, 1.807) is 0 Å². The second kappa shape index (κ2) is 11.8. The third-order valence-electron chi connectivity index (χ3n) is 4.95. The number of rotatable bonds is 10. The van der Waals surface area contributed by atoms with Gasteiger partial charge in [-0.05, 0) is 36.5 Å². The number of esters is 2. The van der Waals surface area contributed by atoms with Crippen molar-refractivity contribution in [1.82, 2.24) is 5.32 Å². The standard InChI is InChI=1S/C21H28F3NO4/c22-21(23,24)20(27)29-19(26)12-13-25-15-17-8-10-18(11-9-17)28-14-4-7-16-5-2-1-3-6-16/h8-11,16,25H,1-7,12-15H2. The lowest BCUT2D eigenvalue weighted by Gasteiger charge is -2.21. The number of halogens is 3. The summed E-state index contributed by atoms with van der Waals surface area (Å²) in [5, 5.41) is 2.92. The van der Waals surface area contributed by atoms with Crippen molar-refractivity contribution in [2.45, 2.75) is 64.1 Å². The molecule has 1 aromatic carbocycles. The molecule has 1 saturated carbocycles. The number of benzene rings is 1. The van der Waals surface area contributed by atoms with E-state index in [0.29, 0.717) is 13.2 Å². The molecule has 162 valence electrons. The van der Waals surface area contributed by atoms with E-state index in [9.17, 15) is 22.8 Å². The van der Waals surface area contributed by atoms with Gasteiger partial charge in [-0.2, -0.15) is 13.2 Å². The van der Waals surface area contributed by atoms with Crippen molar-refractivity contribution in [1.29, 1.82) is 0 Å². The SMILES string of the molecule is O=C(CCNCc1ccc(OCCCC2CCCCC2)cc1)OC(=O)C(F)(F)F. The van der Waals surface area contributed by atoms with Gasteiger partial charge in [0, 0.05) is 13.1 Å². The molecule has 0 aliphatic heterocycles. The topological polar surface area (TPSA) is 64.6 Å². The van der Waals surface area contributed by atoms with Crippen molar-refractivity contribution < 1.29 is 32.2 Å². The van der Waals surface area contributed by atoms with E-state index in [1.807, 2.05) is 24.3 Å². The summed E-state index contributed by atoms with van der Waals surface area (Å²) in [5.41, 5.74) is 0.944. The molecule has 8 heteroatoms. The molecule has 1 aliphatic carbocycles. The summed E-state index contributed by atoms with van der Waals surface area (Å²) in [4.78, 5) is 21.7. The van der Waals surface area contributed by atoms with Gasteiger partial charge in [0.15, 0.2) is 0 Å². The van der Waals surface area contributed by atoms with Crippen molar-refractivity contribution >= 4 is 11.9 Å². The number of hydrogen-bond donors (Lipinski definition) is 1. The first-order chi connectivity index (χ1) is 13.8. The van der Waals surface area contributed by atoms with Crippen LogP contribution in [0, 0.1) is 5.92 Å². The number of nitrogens with one attached hydrogen (secondary N) is 1. The van der Waals surface area contributed by atoms with Crippen LogP contribution in [0.15, 0.2) is 24.3 Å². The van der Waals surface area contributed by atoms with Crippen LogP contribution in [-0.2, 0) is 20.9 Å². The van der Waals surface area contributed by atoms with Gasteiger partial charge >= 0.3 is 18.1 Å². The van der Waals surface area contributed by atoms with E-state index in [0.717, 1.165) is 23.7 Å². The van der Waals surface area contributed by atoms with Gasteiger partial charge in [0.25, 0.3) is 0 Å². The molecule has 1 aliphatic rings. The van der Waals surface area contributed by atoms with Crippen LogP contribution in [0.3, 0.4) is 0 Å². The summed E-state index contributed by atoms with van der Waals surface area (Å²) < 4.78 is 45.4. The van der Waals surface area contributed by atoms with Crippen molar-refractivity contribution in [2.75, 3.05) is 13.2 Å². The number of ether oxygens (including phenoxy) is 2. The molecular formula is C21H28F3NO4. The fraction of sp³-hybridized carbons (Fsp3) is 0.619. The highest BCUT2D eigenvalue weighted by atomic mass is 19.4. The van der Waals surface area contributed by atoms with Crippen LogP contribution in [0.5, 0.6) is 5.75 Å². The Balaban J connectivity index is 1.56. The quantitative estimate of drug-likeness (QED) is 0.345. The Bertz CT molecular complexity index is 640. The molecular weight excluding hydrogens is 387 g/mol. The van der Waals surface area contributed by atoms with Crippen LogP contribution >= 0.6 is 0 Å². The van der Waals surface area contributed by atoms with Gasteiger partial charge in [0.2, 0.25) is 0 Å². The first kappa shape index (κ1) is 23.2. The molecule has 1 fully saturated rings. The van der Waals surface area contributed by atoms with Gasteiger partial charge in [0.1, 0.15) is 5.75 Å². The average Bonchev–Trinajstić information content (AvgIpc) is 2.69. The van der Waals surface area contributed by atoms with Crippen molar-refractivity contribution in [3.8, 4) is 5.75 Å². The molecule has 0 aromatic heterocycles. The summed E-state index contributed by atoms with van der Waals surface area (Å²) in [5.74, 6) is -2.05. The minimum atomic E-state index is -5.16. The molecule has 0 spiro atoms. The van der Waals surface area contributed by atoms with E-state index < -0.39 is 18.1 Å². The van der Waals surface area contributed by atoms with E-state index in [4.69, 9.17) is 4.74 Å². The van der Waals surface area contributed by atoms with Gasteiger partial charge in [-0.25, -0.2) is 4.79 Å². The number of alkyl halides is 3. The third kappa shape index (κ3) is 9.30. The molecule has 2 rings (SSSR count). The van der Waals surface area contributed by atoms with E-state index in [-0.39, 0.29) is 13.0 Å². The molecule has 0 radical (unpaired) electrons. The Morgan fingerprint density at radius 3 is 2.41 bits per heavy atom. The zero-order chi connectivity index (χ0) is 21.1. The molecule has 0 saturated heterocycles. The summed E-state index contributed by atoms with van der Waals surface area (Å²) in [6.45, 7) is 1.23. The highest BCUT2D eigenvalue weighted by Crippen LogP contribution is 2.27. The van der Waals surface area contributed by atoms with Crippen LogP contribution in [0.4, 0.5) is 13.2 Å². The maximum absolute atomic E-state index is 12.0. The third-order valence-corrected chi connectivity index (χ3v) is 4.95. The van der Waals surface area contributed by atoms with E-state index in [1.165, 1.54) is 38.5 Å². The van der Waals surface area contributed by atoms with Crippen LogP contribution in [0.1, 0.15) is 56.9 Å². The second-order valence-electron chi connectivity index (χ2n) is 7.32. The second-order valence-corrected chi connectivity index (χ2v) is 7.32. The number of carbonyl (C=O) groups is 2. The minimum Gasteiger partial charge on any atom is -0.494 e. The summed E-state index contributed by atoms with van der Waals surface area (Å²) >= 11 is 0. The monoisotopic (exact) mass is 415 g/mol. The molecule has 0 atom stereocenters. The Morgan fingerprint density at radius 1 is 1.07 bits per heavy atom. The van der Waals surface area contributed by atoms with Crippen molar-refractivity contribution in [3.63, 3.8) is 0 Å². The number of hydrogen-bond acceptors (Lipinski definition) is 5. The number of carbonyl (C=O) groups excluding carboxylic acids is 2. The van der Waals surface area contributed by atoms with Crippen molar-refractivity contribution in [3.05, 3.63) is 29.8 Å². The molecule has 1 N–H and O–H groups in total. The molecule has 0 heterocycles. The van der Waals surface area contributed by atoms with Gasteiger partial charge in [-0.15, -0.1) is 0 Å². The minimum absolute atomic E-state index is 0.101. The zero-order valence-electron chi connectivity index (χ0n) is 16.4. The Labute approximate surface area is 168 Å². The molecule has 0 bridgehead atoms. The fourth-order valence-corrected chi connectivity index (χ4v) is 3.38. The van der Waals surface area contributed by atoms with Gasteiger partial charge in [-0.3, -0.25) is 4.79 Å². The molecule has 29 heavy (non-hydrogen) atoms. The summed E-state index contributed by atoms with van der Waals surface area (Å²) in [7, 11) is 0. The lowest BCUT2D eigenvalue weighted by atomic mass is 9.86.